The molecule has 8 nitrogen and oxygen atoms in total. The van der Waals surface area contributed by atoms with Crippen molar-refractivity contribution in [2.75, 3.05) is 6.61 Å². The van der Waals surface area contributed by atoms with Gasteiger partial charge in [0.25, 0.3) is 5.69 Å². The number of nitro benzene ring substituents is 1. The minimum absolute atomic E-state index is 0.0436. The summed E-state index contributed by atoms with van der Waals surface area (Å²) in [5.74, 6) is -0.747. The Hall–Kier alpha value is -4.46. The summed E-state index contributed by atoms with van der Waals surface area (Å²) in [6.07, 6.45) is 0.843. The van der Waals surface area contributed by atoms with Crippen molar-refractivity contribution in [2.24, 2.45) is 0 Å². The molecule has 0 unspecified atom stereocenters. The molecule has 0 amide bonds. The van der Waals surface area contributed by atoms with Gasteiger partial charge in [0.15, 0.2) is 6.61 Å². The third-order valence-electron chi connectivity index (χ3n) is 5.85. The minimum atomic E-state index is -0.760. The molecule has 0 aliphatic heterocycles. The van der Waals surface area contributed by atoms with Crippen LogP contribution in [0.25, 0.3) is 11.3 Å². The molecule has 0 saturated carbocycles. The van der Waals surface area contributed by atoms with Crippen molar-refractivity contribution < 1.29 is 23.7 Å². The van der Waals surface area contributed by atoms with E-state index in [1.807, 2.05) is 38.1 Å². The van der Waals surface area contributed by atoms with Gasteiger partial charge < -0.3 is 13.7 Å². The third-order valence-corrected chi connectivity index (χ3v) is 5.85. The van der Waals surface area contributed by atoms with Crippen molar-refractivity contribution in [3.63, 3.8) is 0 Å². The number of ether oxygens (including phenoxy) is 1. The first-order valence-electron chi connectivity index (χ1n) is 11.1. The zero-order chi connectivity index (χ0) is 24.9. The van der Waals surface area contributed by atoms with Gasteiger partial charge in [0.2, 0.25) is 11.5 Å². The number of nitro groups is 1. The van der Waals surface area contributed by atoms with Crippen LogP contribution in [-0.4, -0.2) is 27.8 Å². The van der Waals surface area contributed by atoms with E-state index < -0.39 is 17.5 Å². The summed E-state index contributed by atoms with van der Waals surface area (Å²) in [4.78, 5) is 35.5. The second-order valence-corrected chi connectivity index (χ2v) is 8.14. The number of nitrogens with zero attached hydrogens (tertiary/aromatic N) is 2. The van der Waals surface area contributed by atoms with E-state index in [1.165, 1.54) is 35.9 Å². The average Bonchev–Trinajstić information content (AvgIpc) is 3.47. The molecular formula is C27H24N2O6. The number of rotatable bonds is 9. The number of carbonyl (C=O) groups excluding carboxylic acids is 2. The minimum Gasteiger partial charge on any atom is -0.451 e. The van der Waals surface area contributed by atoms with Gasteiger partial charge in [-0.2, -0.15) is 0 Å². The number of hydrogen-bond acceptors (Lipinski definition) is 6. The van der Waals surface area contributed by atoms with Crippen molar-refractivity contribution in [3.05, 3.63) is 111 Å². The molecule has 4 aromatic rings. The van der Waals surface area contributed by atoms with E-state index in [-0.39, 0.29) is 17.2 Å². The molecule has 8 heteroatoms. The highest BCUT2D eigenvalue weighted by atomic mass is 16.6. The maximum absolute atomic E-state index is 12.8. The molecule has 0 N–H and O–H groups in total. The first kappa shape index (κ1) is 23.7. The lowest BCUT2D eigenvalue weighted by Gasteiger charge is -2.10. The van der Waals surface area contributed by atoms with Crippen LogP contribution in [0.2, 0.25) is 0 Å². The quantitative estimate of drug-likeness (QED) is 0.137. The maximum Gasteiger partial charge on any atom is 0.374 e. The van der Waals surface area contributed by atoms with Crippen LogP contribution in [0, 0.1) is 24.0 Å². The Morgan fingerprint density at radius 1 is 1.00 bits per heavy atom. The lowest BCUT2D eigenvalue weighted by Crippen LogP contribution is -2.15. The van der Waals surface area contributed by atoms with Gasteiger partial charge >= 0.3 is 5.97 Å². The molecule has 0 aliphatic rings. The number of benzene rings is 2. The molecule has 2 aromatic heterocycles. The summed E-state index contributed by atoms with van der Waals surface area (Å²) >= 11 is 0. The van der Waals surface area contributed by atoms with Crippen molar-refractivity contribution in [3.8, 4) is 11.3 Å². The monoisotopic (exact) mass is 472 g/mol. The van der Waals surface area contributed by atoms with Gasteiger partial charge in [-0.3, -0.25) is 14.9 Å². The van der Waals surface area contributed by atoms with E-state index in [1.54, 1.807) is 6.07 Å². The highest BCUT2D eigenvalue weighted by Gasteiger charge is 2.20. The van der Waals surface area contributed by atoms with Crippen LogP contribution in [0.3, 0.4) is 0 Å². The number of Topliss-reactive ketones (excluding diaryl/α,β-unsaturated/α-hetero) is 1. The summed E-state index contributed by atoms with van der Waals surface area (Å²) in [6, 6.07) is 20.7. The van der Waals surface area contributed by atoms with Crippen LogP contribution in [-0.2, 0) is 17.7 Å². The molecule has 0 saturated heterocycles. The fraction of sp³-hybridized carbons (Fsp3) is 0.185. The molecule has 0 aliphatic carbocycles. The van der Waals surface area contributed by atoms with E-state index in [2.05, 4.69) is 16.7 Å². The van der Waals surface area contributed by atoms with Gasteiger partial charge in [-0.15, -0.1) is 0 Å². The van der Waals surface area contributed by atoms with Crippen LogP contribution in [0.5, 0.6) is 0 Å². The second kappa shape index (κ2) is 10.2. The molecule has 35 heavy (non-hydrogen) atoms. The van der Waals surface area contributed by atoms with Crippen molar-refractivity contribution >= 4 is 17.4 Å². The third kappa shape index (κ3) is 5.38. The lowest BCUT2D eigenvalue weighted by atomic mass is 10.1. The number of aromatic nitrogens is 1. The Kier molecular flexibility index (Phi) is 6.91. The van der Waals surface area contributed by atoms with E-state index in [0.717, 1.165) is 24.4 Å². The molecule has 2 heterocycles. The summed E-state index contributed by atoms with van der Waals surface area (Å²) in [5.41, 5.74) is 4.07. The Labute approximate surface area is 201 Å². The topological polar surface area (TPSA) is 105 Å². The van der Waals surface area contributed by atoms with Crippen molar-refractivity contribution in [1.29, 1.82) is 0 Å². The van der Waals surface area contributed by atoms with Crippen LogP contribution >= 0.6 is 0 Å². The van der Waals surface area contributed by atoms with Gasteiger partial charge in [0.1, 0.15) is 5.76 Å². The number of hydrogen-bond donors (Lipinski definition) is 0. The molecule has 4 rings (SSSR count). The average molecular weight is 472 g/mol. The largest absolute Gasteiger partial charge is 0.451 e. The molecular weight excluding hydrogens is 448 g/mol. The number of furan rings is 1. The van der Waals surface area contributed by atoms with Crippen LogP contribution in [0.1, 0.15) is 37.9 Å². The number of aryl methyl sites for hydroxylation is 2. The highest BCUT2D eigenvalue weighted by molar-refractivity contribution is 6.00. The number of esters is 1. The van der Waals surface area contributed by atoms with E-state index in [4.69, 9.17) is 9.15 Å². The van der Waals surface area contributed by atoms with Crippen molar-refractivity contribution in [2.45, 2.75) is 26.8 Å². The summed E-state index contributed by atoms with van der Waals surface area (Å²) in [7, 11) is 0. The Morgan fingerprint density at radius 2 is 1.71 bits per heavy atom. The summed E-state index contributed by atoms with van der Waals surface area (Å²) in [5, 5.41) is 10.8. The van der Waals surface area contributed by atoms with Crippen molar-refractivity contribution in [1.82, 2.24) is 4.57 Å². The van der Waals surface area contributed by atoms with Gasteiger partial charge in [0, 0.05) is 41.2 Å². The van der Waals surface area contributed by atoms with Crippen LogP contribution in [0.15, 0.2) is 77.2 Å². The Balaban J connectivity index is 1.37. The predicted octanol–water partition coefficient (Wildman–Crippen LogP) is 5.56. The van der Waals surface area contributed by atoms with Crippen LogP contribution in [0.4, 0.5) is 5.69 Å². The summed E-state index contributed by atoms with van der Waals surface area (Å²) in [6.45, 7) is 4.17. The highest BCUT2D eigenvalue weighted by Crippen LogP contribution is 2.25. The Morgan fingerprint density at radius 3 is 2.40 bits per heavy atom. The fourth-order valence-corrected chi connectivity index (χ4v) is 3.94. The lowest BCUT2D eigenvalue weighted by molar-refractivity contribution is -0.384. The van der Waals surface area contributed by atoms with Crippen LogP contribution < -0.4 is 0 Å². The molecule has 0 spiro atoms. The number of non-ortho nitro benzene ring substituents is 1. The molecule has 2 aromatic carbocycles. The van der Waals surface area contributed by atoms with Gasteiger partial charge in [-0.05, 0) is 56.2 Å². The first-order valence-corrected chi connectivity index (χ1v) is 11.1. The molecule has 0 atom stereocenters. The van der Waals surface area contributed by atoms with E-state index in [0.29, 0.717) is 16.9 Å². The zero-order valence-corrected chi connectivity index (χ0v) is 19.4. The maximum atomic E-state index is 12.8. The molecule has 0 radical (unpaired) electrons. The predicted molar refractivity (Wildman–Crippen MR) is 129 cm³/mol. The fourth-order valence-electron chi connectivity index (χ4n) is 3.94. The standard InChI is InChI=1S/C27H24N2O6/c1-18-16-23(19(2)28(18)15-14-20-6-4-3-5-7-20)24(30)17-34-27(31)26-13-12-25(35-26)21-8-10-22(11-9-21)29(32)33/h3-13,16H,14-15,17H2,1-2H3. The molecule has 0 fully saturated rings. The SMILES string of the molecule is Cc1cc(C(=O)COC(=O)c2ccc(-c3ccc([N+](=O)[O-])cc3)o2)c(C)n1CCc1ccccc1. The molecule has 0 bridgehead atoms. The number of ketones is 1. The van der Waals surface area contributed by atoms with Gasteiger partial charge in [-0.1, -0.05) is 30.3 Å². The van der Waals surface area contributed by atoms with Gasteiger partial charge in [0.05, 0.1) is 4.92 Å². The summed E-state index contributed by atoms with van der Waals surface area (Å²) < 4.78 is 12.8. The molecule has 178 valence electrons. The smallest absolute Gasteiger partial charge is 0.374 e. The zero-order valence-electron chi connectivity index (χ0n) is 19.4. The van der Waals surface area contributed by atoms with E-state index in [9.17, 15) is 19.7 Å². The van der Waals surface area contributed by atoms with E-state index >= 15 is 0 Å². The Bertz CT molecular complexity index is 1370. The normalized spacial score (nSPS) is 10.8. The second-order valence-electron chi connectivity index (χ2n) is 8.14. The number of carbonyl (C=O) groups is 2. The first-order chi connectivity index (χ1) is 16.8. The van der Waals surface area contributed by atoms with Gasteiger partial charge in [-0.25, -0.2) is 4.79 Å².